The number of fused-ring (bicyclic) bond motifs is 1. The van der Waals surface area contributed by atoms with E-state index in [2.05, 4.69) is 27.2 Å². The highest BCUT2D eigenvalue weighted by atomic mass is 15.1. The van der Waals surface area contributed by atoms with Gasteiger partial charge in [0, 0.05) is 19.8 Å². The minimum absolute atomic E-state index is 0.169. The van der Waals surface area contributed by atoms with E-state index in [9.17, 15) is 0 Å². The summed E-state index contributed by atoms with van der Waals surface area (Å²) < 4.78 is 2.01. The summed E-state index contributed by atoms with van der Waals surface area (Å²) in [5.41, 5.74) is 3.24. The first-order valence-electron chi connectivity index (χ1n) is 6.37. The van der Waals surface area contributed by atoms with E-state index in [4.69, 9.17) is 0 Å². The summed E-state index contributed by atoms with van der Waals surface area (Å²) in [6, 6.07) is 8.24. The number of hydrogen-bond donors (Lipinski definition) is 2. The molecule has 0 amide bonds. The van der Waals surface area contributed by atoms with E-state index in [0.29, 0.717) is 0 Å². The largest absolute Gasteiger partial charge is 0.341 e. The van der Waals surface area contributed by atoms with Crippen molar-refractivity contribution in [2.75, 3.05) is 0 Å². The molecule has 1 aromatic carbocycles. The number of benzene rings is 1. The summed E-state index contributed by atoms with van der Waals surface area (Å²) in [7, 11) is 2.00. The van der Waals surface area contributed by atoms with Gasteiger partial charge in [-0.05, 0) is 19.1 Å². The van der Waals surface area contributed by atoms with Crippen LogP contribution in [-0.4, -0.2) is 19.5 Å². The van der Waals surface area contributed by atoms with Crippen LogP contribution in [-0.2, 0) is 13.6 Å². The molecule has 0 bridgehead atoms. The molecule has 1 atom stereocenters. The Balaban J connectivity index is 1.73. The van der Waals surface area contributed by atoms with Crippen molar-refractivity contribution in [3.8, 4) is 0 Å². The van der Waals surface area contributed by atoms with Crippen LogP contribution in [0.2, 0.25) is 0 Å². The number of H-pyrrole nitrogens is 1. The molecule has 0 aliphatic rings. The topological polar surface area (TPSA) is 58.5 Å². The Bertz CT molecular complexity index is 649. The summed E-state index contributed by atoms with van der Waals surface area (Å²) in [6.07, 6.45) is 3.68. The predicted molar refractivity (Wildman–Crippen MR) is 74.6 cm³/mol. The molecule has 3 aromatic rings. The van der Waals surface area contributed by atoms with E-state index in [-0.39, 0.29) is 6.04 Å². The number of aryl methyl sites for hydroxylation is 1. The molecule has 0 fully saturated rings. The van der Waals surface area contributed by atoms with Crippen LogP contribution in [0.3, 0.4) is 0 Å². The molecular formula is C14H17N5. The van der Waals surface area contributed by atoms with Gasteiger partial charge in [-0.1, -0.05) is 12.1 Å². The molecule has 0 radical (unpaired) electrons. The Labute approximate surface area is 111 Å². The van der Waals surface area contributed by atoms with Crippen molar-refractivity contribution in [1.82, 2.24) is 24.8 Å². The van der Waals surface area contributed by atoms with Gasteiger partial charge in [0.15, 0.2) is 0 Å². The van der Waals surface area contributed by atoms with Gasteiger partial charge in [0.2, 0.25) is 0 Å². The summed E-state index contributed by atoms with van der Waals surface area (Å²) in [6.45, 7) is 2.88. The molecule has 19 heavy (non-hydrogen) atoms. The highest BCUT2D eigenvalue weighted by molar-refractivity contribution is 5.74. The fourth-order valence-electron chi connectivity index (χ4n) is 2.09. The van der Waals surface area contributed by atoms with Crippen LogP contribution in [0.5, 0.6) is 0 Å². The third-order valence-corrected chi connectivity index (χ3v) is 3.32. The summed E-state index contributed by atoms with van der Waals surface area (Å²) in [5.74, 6) is 0.961. The van der Waals surface area contributed by atoms with Crippen molar-refractivity contribution in [2.24, 2.45) is 7.05 Å². The zero-order valence-electron chi connectivity index (χ0n) is 11.1. The van der Waals surface area contributed by atoms with Crippen LogP contribution in [0.1, 0.15) is 24.5 Å². The number of nitrogens with one attached hydrogen (secondary N) is 2. The number of aromatic nitrogens is 4. The first kappa shape index (κ1) is 11.9. The highest BCUT2D eigenvalue weighted by Crippen LogP contribution is 2.15. The smallest absolute Gasteiger partial charge is 0.124 e. The Morgan fingerprint density at radius 3 is 2.95 bits per heavy atom. The maximum atomic E-state index is 4.59. The minimum Gasteiger partial charge on any atom is -0.341 e. The predicted octanol–water partition coefficient (Wildman–Crippen LogP) is 2.15. The van der Waals surface area contributed by atoms with E-state index in [0.717, 1.165) is 29.1 Å². The van der Waals surface area contributed by atoms with Crippen LogP contribution in [0, 0.1) is 0 Å². The van der Waals surface area contributed by atoms with Crippen LogP contribution in [0.25, 0.3) is 11.0 Å². The maximum Gasteiger partial charge on any atom is 0.124 e. The molecule has 0 spiro atoms. The van der Waals surface area contributed by atoms with E-state index < -0.39 is 0 Å². The third kappa shape index (κ3) is 2.37. The van der Waals surface area contributed by atoms with Gasteiger partial charge in [-0.2, -0.15) is 0 Å². The molecule has 2 aromatic heterocycles. The van der Waals surface area contributed by atoms with Crippen LogP contribution in [0.15, 0.2) is 36.8 Å². The lowest BCUT2D eigenvalue weighted by molar-refractivity contribution is 0.538. The van der Waals surface area contributed by atoms with E-state index in [1.807, 2.05) is 48.4 Å². The zero-order chi connectivity index (χ0) is 13.2. The Morgan fingerprint density at radius 2 is 2.21 bits per heavy atom. The van der Waals surface area contributed by atoms with Gasteiger partial charge in [-0.3, -0.25) is 0 Å². The number of para-hydroxylation sites is 2. The normalized spacial score (nSPS) is 12.9. The standard InChI is InChI=1S/C14H17N5/c1-10(16-8-11-7-15-9-19(11)2)14-17-12-5-3-4-6-13(12)18-14/h3-7,9-10,16H,8H2,1-2H3,(H,17,18). The van der Waals surface area contributed by atoms with Crippen molar-refractivity contribution in [2.45, 2.75) is 19.5 Å². The molecule has 5 heteroatoms. The molecule has 0 aliphatic heterocycles. The second kappa shape index (κ2) is 4.85. The zero-order valence-corrected chi connectivity index (χ0v) is 11.1. The molecule has 1 unspecified atom stereocenters. The fourth-order valence-corrected chi connectivity index (χ4v) is 2.09. The first-order valence-corrected chi connectivity index (χ1v) is 6.37. The molecule has 5 nitrogen and oxygen atoms in total. The van der Waals surface area contributed by atoms with Gasteiger partial charge in [0.05, 0.1) is 29.1 Å². The molecule has 0 saturated heterocycles. The van der Waals surface area contributed by atoms with Crippen molar-refractivity contribution in [3.63, 3.8) is 0 Å². The minimum atomic E-state index is 0.169. The number of rotatable bonds is 4. The number of hydrogen-bond acceptors (Lipinski definition) is 3. The van der Waals surface area contributed by atoms with E-state index in [1.54, 1.807) is 0 Å². The Kier molecular flexibility index (Phi) is 3.05. The molecule has 2 N–H and O–H groups in total. The van der Waals surface area contributed by atoms with Gasteiger partial charge in [-0.25, -0.2) is 9.97 Å². The maximum absolute atomic E-state index is 4.59. The Morgan fingerprint density at radius 1 is 1.37 bits per heavy atom. The second-order valence-electron chi connectivity index (χ2n) is 4.74. The average Bonchev–Trinajstić information content (AvgIpc) is 3.01. The number of aromatic amines is 1. The van der Waals surface area contributed by atoms with Crippen LogP contribution < -0.4 is 5.32 Å². The lowest BCUT2D eigenvalue weighted by Crippen LogP contribution is -2.20. The van der Waals surface area contributed by atoms with E-state index >= 15 is 0 Å². The van der Waals surface area contributed by atoms with Crippen molar-refractivity contribution < 1.29 is 0 Å². The lowest BCUT2D eigenvalue weighted by Gasteiger charge is -2.11. The summed E-state index contributed by atoms with van der Waals surface area (Å²) >= 11 is 0. The molecule has 3 rings (SSSR count). The molecular weight excluding hydrogens is 238 g/mol. The fraction of sp³-hybridized carbons (Fsp3) is 0.286. The van der Waals surface area contributed by atoms with Crippen molar-refractivity contribution in [1.29, 1.82) is 0 Å². The molecule has 0 saturated carbocycles. The molecule has 0 aliphatic carbocycles. The Hall–Kier alpha value is -2.14. The number of imidazole rings is 2. The third-order valence-electron chi connectivity index (χ3n) is 3.32. The van der Waals surface area contributed by atoms with Crippen LogP contribution in [0.4, 0.5) is 0 Å². The van der Waals surface area contributed by atoms with Crippen molar-refractivity contribution in [3.05, 3.63) is 48.3 Å². The lowest BCUT2D eigenvalue weighted by atomic mass is 10.3. The first-order chi connectivity index (χ1) is 9.24. The summed E-state index contributed by atoms with van der Waals surface area (Å²) in [4.78, 5) is 12.0. The average molecular weight is 255 g/mol. The van der Waals surface area contributed by atoms with Gasteiger partial charge >= 0.3 is 0 Å². The van der Waals surface area contributed by atoms with Crippen LogP contribution >= 0.6 is 0 Å². The molecule has 98 valence electrons. The molecule has 2 heterocycles. The van der Waals surface area contributed by atoms with Gasteiger partial charge in [0.25, 0.3) is 0 Å². The van der Waals surface area contributed by atoms with Crippen molar-refractivity contribution >= 4 is 11.0 Å². The highest BCUT2D eigenvalue weighted by Gasteiger charge is 2.10. The van der Waals surface area contributed by atoms with Gasteiger partial charge in [-0.15, -0.1) is 0 Å². The SMILES string of the molecule is CC(NCc1cncn1C)c1nc2ccccc2[nH]1. The second-order valence-corrected chi connectivity index (χ2v) is 4.74. The van der Waals surface area contributed by atoms with E-state index in [1.165, 1.54) is 0 Å². The van der Waals surface area contributed by atoms with Gasteiger partial charge in [0.1, 0.15) is 5.82 Å². The number of nitrogens with zero attached hydrogens (tertiary/aromatic N) is 3. The summed E-state index contributed by atoms with van der Waals surface area (Å²) in [5, 5.41) is 3.45. The monoisotopic (exact) mass is 255 g/mol. The quantitative estimate of drug-likeness (QED) is 0.751. The van der Waals surface area contributed by atoms with Gasteiger partial charge < -0.3 is 14.9 Å².